The summed E-state index contributed by atoms with van der Waals surface area (Å²) in [4.78, 5) is 30.1. The normalized spacial score (nSPS) is 15.2. The quantitative estimate of drug-likeness (QED) is 0.692. The summed E-state index contributed by atoms with van der Waals surface area (Å²) >= 11 is 0. The molecule has 0 unspecified atom stereocenters. The van der Waals surface area contributed by atoms with Gasteiger partial charge in [0.2, 0.25) is 0 Å². The van der Waals surface area contributed by atoms with Crippen LogP contribution < -0.4 is 16.7 Å². The van der Waals surface area contributed by atoms with E-state index in [0.29, 0.717) is 30.8 Å². The van der Waals surface area contributed by atoms with Crippen molar-refractivity contribution in [2.24, 2.45) is 7.05 Å². The topological polar surface area (TPSA) is 81.4 Å². The molecule has 1 aliphatic heterocycles. The molecule has 0 aliphatic carbocycles. The number of nitrogens with zero attached hydrogens (tertiary/aromatic N) is 4. The Morgan fingerprint density at radius 1 is 1.11 bits per heavy atom. The Kier molecular flexibility index (Phi) is 5.34. The number of ether oxygens (including phenoxy) is 1. The highest BCUT2D eigenvalue weighted by Crippen LogP contribution is 2.09. The van der Waals surface area contributed by atoms with Crippen LogP contribution in [0.15, 0.2) is 52.2 Å². The minimum atomic E-state index is -0.368. The predicted octanol–water partition coefficient (Wildman–Crippen LogP) is 0.480. The molecule has 1 N–H and O–H groups in total. The van der Waals surface area contributed by atoms with Gasteiger partial charge in [-0.05, 0) is 17.2 Å². The van der Waals surface area contributed by atoms with Crippen LogP contribution in [0.2, 0.25) is 0 Å². The van der Waals surface area contributed by atoms with Crippen LogP contribution in [0.1, 0.15) is 11.1 Å². The van der Waals surface area contributed by atoms with Gasteiger partial charge >= 0.3 is 5.69 Å². The van der Waals surface area contributed by atoms with Crippen molar-refractivity contribution in [1.29, 1.82) is 0 Å². The Bertz CT molecular complexity index is 1080. The number of nitrogens with one attached hydrogen (secondary N) is 1. The van der Waals surface area contributed by atoms with Gasteiger partial charge < -0.3 is 4.74 Å². The number of pyridine rings is 1. The second kappa shape index (κ2) is 8.05. The molecule has 3 aromatic rings. The molecule has 0 saturated carbocycles. The maximum absolute atomic E-state index is 13.0. The molecule has 8 nitrogen and oxygen atoms in total. The van der Waals surface area contributed by atoms with Gasteiger partial charge in [-0.1, -0.05) is 30.3 Å². The summed E-state index contributed by atoms with van der Waals surface area (Å²) in [6.45, 7) is 3.84. The number of rotatable bonds is 5. The molecule has 0 amide bonds. The molecule has 0 spiro atoms. The number of morpholine rings is 1. The SMILES string of the molecule is Cn1c(=O)n(Cc2ccccc2)c(=O)c2cc(CNN3CCOCC3)cnc21. The molecule has 1 aliphatic rings. The first-order chi connectivity index (χ1) is 13.6. The summed E-state index contributed by atoms with van der Waals surface area (Å²) in [6.07, 6.45) is 1.70. The number of hydrogen-bond acceptors (Lipinski definition) is 6. The molecule has 1 fully saturated rings. The fraction of sp³-hybridized carbons (Fsp3) is 0.350. The average molecular weight is 381 g/mol. The molecular weight excluding hydrogens is 358 g/mol. The van der Waals surface area contributed by atoms with Crippen LogP contribution in [-0.2, 0) is 24.9 Å². The van der Waals surface area contributed by atoms with Crippen molar-refractivity contribution in [1.82, 2.24) is 24.6 Å². The smallest absolute Gasteiger partial charge is 0.332 e. The van der Waals surface area contributed by atoms with Gasteiger partial charge in [-0.3, -0.25) is 19.4 Å². The largest absolute Gasteiger partial charge is 0.379 e. The number of benzene rings is 1. The number of aromatic nitrogens is 3. The lowest BCUT2D eigenvalue weighted by Crippen LogP contribution is -2.45. The monoisotopic (exact) mass is 381 g/mol. The summed E-state index contributed by atoms with van der Waals surface area (Å²) < 4.78 is 8.03. The van der Waals surface area contributed by atoms with E-state index in [9.17, 15) is 9.59 Å². The second-order valence-corrected chi connectivity index (χ2v) is 6.87. The van der Waals surface area contributed by atoms with E-state index in [1.165, 1.54) is 9.13 Å². The standard InChI is InChI=1S/C20H23N5O3/c1-23-18-17(11-16(12-21-18)13-22-24-7-9-28-10-8-24)19(26)25(20(23)27)14-15-5-3-2-4-6-15/h2-6,11-12,22H,7-10,13-14H2,1H3. The first-order valence-corrected chi connectivity index (χ1v) is 9.32. The summed E-state index contributed by atoms with van der Waals surface area (Å²) in [5.74, 6) is 0. The van der Waals surface area contributed by atoms with Crippen molar-refractivity contribution in [3.63, 3.8) is 0 Å². The second-order valence-electron chi connectivity index (χ2n) is 6.87. The zero-order chi connectivity index (χ0) is 19.5. The molecule has 28 heavy (non-hydrogen) atoms. The summed E-state index contributed by atoms with van der Waals surface area (Å²) in [5, 5.41) is 2.54. The third-order valence-corrected chi connectivity index (χ3v) is 4.94. The maximum Gasteiger partial charge on any atom is 0.332 e. The Labute approximate surface area is 162 Å². The lowest BCUT2D eigenvalue weighted by Gasteiger charge is -2.27. The molecule has 0 bridgehead atoms. The molecule has 1 saturated heterocycles. The van der Waals surface area contributed by atoms with E-state index in [0.717, 1.165) is 24.2 Å². The zero-order valence-corrected chi connectivity index (χ0v) is 15.8. The van der Waals surface area contributed by atoms with E-state index in [4.69, 9.17) is 4.74 Å². The number of aryl methyl sites for hydroxylation is 1. The van der Waals surface area contributed by atoms with Crippen LogP contribution in [-0.4, -0.2) is 45.4 Å². The first kappa shape index (κ1) is 18.5. The highest BCUT2D eigenvalue weighted by Gasteiger charge is 2.14. The van der Waals surface area contributed by atoms with E-state index in [1.807, 2.05) is 36.4 Å². The molecule has 4 rings (SSSR count). The Morgan fingerprint density at radius 2 is 1.86 bits per heavy atom. The third kappa shape index (κ3) is 3.75. The van der Waals surface area contributed by atoms with Gasteiger partial charge in [-0.25, -0.2) is 14.8 Å². The molecule has 3 heterocycles. The van der Waals surface area contributed by atoms with Crippen molar-refractivity contribution in [2.75, 3.05) is 26.3 Å². The molecular formula is C20H23N5O3. The summed E-state index contributed by atoms with van der Waals surface area (Å²) in [7, 11) is 1.64. The van der Waals surface area contributed by atoms with Crippen LogP contribution in [0.25, 0.3) is 11.0 Å². The maximum atomic E-state index is 13.0. The average Bonchev–Trinajstić information content (AvgIpc) is 2.75. The highest BCUT2D eigenvalue weighted by atomic mass is 16.5. The van der Waals surface area contributed by atoms with E-state index in [1.54, 1.807) is 13.2 Å². The van der Waals surface area contributed by atoms with E-state index < -0.39 is 0 Å². The van der Waals surface area contributed by atoms with E-state index in [2.05, 4.69) is 15.4 Å². The van der Waals surface area contributed by atoms with Gasteiger partial charge in [0.1, 0.15) is 5.65 Å². The van der Waals surface area contributed by atoms with Gasteiger partial charge in [-0.2, -0.15) is 0 Å². The van der Waals surface area contributed by atoms with Gasteiger partial charge in [0.15, 0.2) is 0 Å². The lowest BCUT2D eigenvalue weighted by atomic mass is 10.2. The van der Waals surface area contributed by atoms with Crippen LogP contribution in [0.3, 0.4) is 0 Å². The Balaban J connectivity index is 1.67. The lowest BCUT2D eigenvalue weighted by molar-refractivity contribution is 0.0105. The molecule has 146 valence electrons. The molecule has 1 aromatic carbocycles. The van der Waals surface area contributed by atoms with Crippen molar-refractivity contribution in [3.8, 4) is 0 Å². The van der Waals surface area contributed by atoms with Crippen LogP contribution in [0.5, 0.6) is 0 Å². The van der Waals surface area contributed by atoms with Crippen LogP contribution in [0.4, 0.5) is 0 Å². The zero-order valence-electron chi connectivity index (χ0n) is 15.8. The van der Waals surface area contributed by atoms with Crippen LogP contribution >= 0.6 is 0 Å². The predicted molar refractivity (Wildman–Crippen MR) is 106 cm³/mol. The molecule has 0 radical (unpaired) electrons. The minimum absolute atomic E-state index is 0.235. The van der Waals surface area contributed by atoms with Crippen molar-refractivity contribution in [2.45, 2.75) is 13.1 Å². The first-order valence-electron chi connectivity index (χ1n) is 9.32. The van der Waals surface area contributed by atoms with E-state index >= 15 is 0 Å². The van der Waals surface area contributed by atoms with Crippen molar-refractivity contribution in [3.05, 3.63) is 74.6 Å². The third-order valence-electron chi connectivity index (χ3n) is 4.94. The van der Waals surface area contributed by atoms with Crippen molar-refractivity contribution >= 4 is 11.0 Å². The Hall–Kier alpha value is -2.81. The fourth-order valence-corrected chi connectivity index (χ4v) is 3.36. The number of fused-ring (bicyclic) bond motifs is 1. The number of hydrazine groups is 1. The van der Waals surface area contributed by atoms with Crippen LogP contribution in [0, 0.1) is 0 Å². The molecule has 0 atom stereocenters. The summed E-state index contributed by atoms with van der Waals surface area (Å²) in [5.41, 5.74) is 4.84. The van der Waals surface area contributed by atoms with Gasteiger partial charge in [0.25, 0.3) is 5.56 Å². The van der Waals surface area contributed by atoms with Gasteiger partial charge in [0.05, 0.1) is 25.1 Å². The fourth-order valence-electron chi connectivity index (χ4n) is 3.36. The van der Waals surface area contributed by atoms with Gasteiger partial charge in [-0.15, -0.1) is 0 Å². The molecule has 8 heteroatoms. The highest BCUT2D eigenvalue weighted by molar-refractivity contribution is 5.74. The van der Waals surface area contributed by atoms with E-state index in [-0.39, 0.29) is 17.8 Å². The molecule has 2 aromatic heterocycles. The van der Waals surface area contributed by atoms with Crippen molar-refractivity contribution < 1.29 is 4.74 Å². The minimum Gasteiger partial charge on any atom is -0.379 e. The van der Waals surface area contributed by atoms with Gasteiger partial charge in [0, 0.05) is 32.9 Å². The number of hydrogen-bond donors (Lipinski definition) is 1. The summed E-state index contributed by atoms with van der Waals surface area (Å²) in [6, 6.07) is 11.3. The Morgan fingerprint density at radius 3 is 2.61 bits per heavy atom.